The summed E-state index contributed by atoms with van der Waals surface area (Å²) in [4.78, 5) is 29.7. The highest BCUT2D eigenvalue weighted by atomic mass is 32.1. The minimum atomic E-state index is -0.544. The van der Waals surface area contributed by atoms with Crippen LogP contribution < -0.4 is 5.56 Å². The summed E-state index contributed by atoms with van der Waals surface area (Å²) in [6.07, 6.45) is 5.64. The van der Waals surface area contributed by atoms with Crippen LogP contribution in [0.5, 0.6) is 0 Å². The molecule has 0 radical (unpaired) electrons. The Morgan fingerprint density at radius 3 is 2.61 bits per heavy atom. The van der Waals surface area contributed by atoms with E-state index in [1.807, 2.05) is 74.6 Å². The van der Waals surface area contributed by atoms with Gasteiger partial charge in [0.2, 0.25) is 4.96 Å². The van der Waals surface area contributed by atoms with Crippen LogP contribution in [0.3, 0.4) is 0 Å². The van der Waals surface area contributed by atoms with Crippen LogP contribution in [0.2, 0.25) is 0 Å². The first-order valence-corrected chi connectivity index (χ1v) is 12.3. The Hall–Kier alpha value is -4.37. The normalized spacial score (nSPS) is 11.4. The van der Waals surface area contributed by atoms with Crippen molar-refractivity contribution in [1.29, 1.82) is 0 Å². The van der Waals surface area contributed by atoms with Gasteiger partial charge in [0.25, 0.3) is 5.56 Å². The Bertz CT molecular complexity index is 1620. The summed E-state index contributed by atoms with van der Waals surface area (Å²) in [7, 11) is 0. The van der Waals surface area contributed by atoms with E-state index in [9.17, 15) is 9.59 Å². The molecule has 8 nitrogen and oxygen atoms in total. The molecule has 9 heteroatoms. The van der Waals surface area contributed by atoms with E-state index in [-0.39, 0.29) is 12.2 Å². The number of benzene rings is 2. The maximum Gasteiger partial charge on any atom is 0.331 e. The molecule has 0 bridgehead atoms. The van der Waals surface area contributed by atoms with Crippen molar-refractivity contribution in [3.63, 3.8) is 0 Å². The smallest absolute Gasteiger partial charge is 0.331 e. The van der Waals surface area contributed by atoms with Crippen LogP contribution >= 0.6 is 11.3 Å². The van der Waals surface area contributed by atoms with Crippen LogP contribution in [0.1, 0.15) is 28.8 Å². The molecule has 0 atom stereocenters. The van der Waals surface area contributed by atoms with Gasteiger partial charge < -0.3 is 4.74 Å². The van der Waals surface area contributed by atoms with Crippen LogP contribution in [0.4, 0.5) is 0 Å². The maximum absolute atomic E-state index is 12.5. The molecule has 0 spiro atoms. The molecule has 0 unspecified atom stereocenters. The molecular weight excluding hydrogens is 474 g/mol. The van der Waals surface area contributed by atoms with Gasteiger partial charge in [0.05, 0.1) is 17.1 Å². The average molecular weight is 498 g/mol. The second kappa shape index (κ2) is 10.1. The zero-order valence-electron chi connectivity index (χ0n) is 19.8. The Morgan fingerprint density at radius 2 is 1.86 bits per heavy atom. The van der Waals surface area contributed by atoms with E-state index in [0.29, 0.717) is 17.1 Å². The summed E-state index contributed by atoms with van der Waals surface area (Å²) in [5.41, 5.74) is 4.61. The molecule has 3 heterocycles. The maximum atomic E-state index is 12.5. The van der Waals surface area contributed by atoms with E-state index in [0.717, 1.165) is 33.1 Å². The summed E-state index contributed by atoms with van der Waals surface area (Å²) >= 11 is 1.35. The largest absolute Gasteiger partial charge is 0.456 e. The molecule has 5 rings (SSSR count). The van der Waals surface area contributed by atoms with Gasteiger partial charge in [-0.05, 0) is 31.6 Å². The van der Waals surface area contributed by atoms with Crippen LogP contribution in [-0.4, -0.2) is 30.3 Å². The predicted molar refractivity (Wildman–Crippen MR) is 139 cm³/mol. The number of esters is 1. The average Bonchev–Trinajstić information content (AvgIpc) is 3.52. The summed E-state index contributed by atoms with van der Waals surface area (Å²) in [5, 5.41) is 9.80. The molecule has 36 heavy (non-hydrogen) atoms. The number of para-hydroxylation sites is 1. The minimum absolute atomic E-state index is 0.109. The van der Waals surface area contributed by atoms with E-state index in [1.54, 1.807) is 10.8 Å². The molecule has 3 aromatic heterocycles. The molecule has 0 N–H and O–H groups in total. The Kier molecular flexibility index (Phi) is 6.55. The lowest BCUT2D eigenvalue weighted by molar-refractivity contribution is -0.139. The number of nitrogens with zero attached hydrogens (tertiary/aromatic N) is 5. The first-order chi connectivity index (χ1) is 17.5. The van der Waals surface area contributed by atoms with Crippen molar-refractivity contribution in [3.8, 4) is 16.9 Å². The number of hydrogen-bond donors (Lipinski definition) is 0. The van der Waals surface area contributed by atoms with E-state index < -0.39 is 5.97 Å². The highest BCUT2D eigenvalue weighted by molar-refractivity contribution is 7.16. The quantitative estimate of drug-likeness (QED) is 0.241. The predicted octanol–water partition coefficient (Wildman–Crippen LogP) is 4.63. The minimum Gasteiger partial charge on any atom is -0.456 e. The van der Waals surface area contributed by atoms with Crippen LogP contribution in [0.15, 0.2) is 77.7 Å². The monoisotopic (exact) mass is 497 g/mol. The fraction of sp³-hybridized carbons (Fsp3) is 0.148. The molecule has 180 valence electrons. The highest BCUT2D eigenvalue weighted by Gasteiger charge is 2.12. The summed E-state index contributed by atoms with van der Waals surface area (Å²) in [6.45, 7) is 3.88. The van der Waals surface area contributed by atoms with Crippen molar-refractivity contribution in [3.05, 3.63) is 105 Å². The number of ether oxygens (including phenoxy) is 1. The van der Waals surface area contributed by atoms with Gasteiger partial charge in [0.15, 0.2) is 0 Å². The first-order valence-electron chi connectivity index (χ1n) is 11.5. The van der Waals surface area contributed by atoms with Gasteiger partial charge in [0, 0.05) is 29.5 Å². The summed E-state index contributed by atoms with van der Waals surface area (Å²) in [6, 6.07) is 19.2. The fourth-order valence-electron chi connectivity index (χ4n) is 3.62. The SMILES string of the molecule is CCc1nn2c(=O)cc(COC(=O)/C=C/c3cn(-c4ccccc4)nc3-c3ccc(C)cc3)nc2s1. The zero-order chi connectivity index (χ0) is 25.1. The molecule has 0 aliphatic carbocycles. The molecule has 0 saturated heterocycles. The van der Waals surface area contributed by atoms with Gasteiger partial charge in [-0.1, -0.05) is 66.3 Å². The van der Waals surface area contributed by atoms with E-state index in [4.69, 9.17) is 9.84 Å². The van der Waals surface area contributed by atoms with Crippen molar-refractivity contribution in [2.45, 2.75) is 26.9 Å². The lowest BCUT2D eigenvalue weighted by atomic mass is 10.1. The number of carbonyl (C=O) groups excluding carboxylic acids is 1. The molecule has 0 saturated carbocycles. The third-order valence-corrected chi connectivity index (χ3v) is 6.54. The van der Waals surface area contributed by atoms with Crippen molar-refractivity contribution in [2.75, 3.05) is 0 Å². The van der Waals surface area contributed by atoms with Gasteiger partial charge in [-0.3, -0.25) is 4.79 Å². The number of aryl methyl sites for hydroxylation is 2. The van der Waals surface area contributed by atoms with Crippen LogP contribution in [0, 0.1) is 6.92 Å². The second-order valence-electron chi connectivity index (χ2n) is 8.15. The van der Waals surface area contributed by atoms with Gasteiger partial charge in [-0.2, -0.15) is 14.7 Å². The molecule has 0 aliphatic heterocycles. The van der Waals surface area contributed by atoms with Gasteiger partial charge in [-0.15, -0.1) is 0 Å². The molecule has 0 aliphatic rings. The first kappa shape index (κ1) is 23.4. The van der Waals surface area contributed by atoms with Gasteiger partial charge in [-0.25, -0.2) is 14.5 Å². The molecule has 0 amide bonds. The number of rotatable bonds is 7. The lowest BCUT2D eigenvalue weighted by Gasteiger charge is -2.02. The van der Waals surface area contributed by atoms with E-state index >= 15 is 0 Å². The standard InChI is InChI=1S/C27H23N5O3S/c1-3-23-29-32-24(33)15-21(28-27(32)36-23)17-35-25(34)14-13-20-16-31(22-7-5-4-6-8-22)30-26(20)19-11-9-18(2)10-12-19/h4-16H,3,17H2,1-2H3/b14-13+. The lowest BCUT2D eigenvalue weighted by Crippen LogP contribution is -2.16. The van der Waals surface area contributed by atoms with Crippen molar-refractivity contribution >= 4 is 28.3 Å². The Balaban J connectivity index is 1.36. The van der Waals surface area contributed by atoms with Crippen molar-refractivity contribution in [2.24, 2.45) is 0 Å². The van der Waals surface area contributed by atoms with E-state index in [2.05, 4.69) is 10.1 Å². The number of carbonyl (C=O) groups is 1. The molecule has 2 aromatic carbocycles. The topological polar surface area (TPSA) is 91.4 Å². The van der Waals surface area contributed by atoms with Crippen LogP contribution in [0.25, 0.3) is 28.0 Å². The molecule has 0 fully saturated rings. The molecule has 5 aromatic rings. The van der Waals surface area contributed by atoms with Gasteiger partial charge >= 0.3 is 5.97 Å². The molecular formula is C27H23N5O3S. The van der Waals surface area contributed by atoms with Crippen molar-refractivity contribution in [1.82, 2.24) is 24.4 Å². The summed E-state index contributed by atoms with van der Waals surface area (Å²) in [5.74, 6) is -0.544. The van der Waals surface area contributed by atoms with Gasteiger partial charge in [0.1, 0.15) is 11.6 Å². The zero-order valence-corrected chi connectivity index (χ0v) is 20.6. The Morgan fingerprint density at radius 1 is 1.08 bits per heavy atom. The van der Waals surface area contributed by atoms with E-state index in [1.165, 1.54) is 28.0 Å². The number of aromatic nitrogens is 5. The number of hydrogen-bond acceptors (Lipinski definition) is 7. The summed E-state index contributed by atoms with van der Waals surface area (Å²) < 4.78 is 8.41. The Labute approximate surface area is 211 Å². The van der Waals surface area contributed by atoms with Crippen LogP contribution in [-0.2, 0) is 22.6 Å². The fourth-order valence-corrected chi connectivity index (χ4v) is 4.48. The second-order valence-corrected chi connectivity index (χ2v) is 9.19. The third kappa shape index (κ3) is 5.01. The van der Waals surface area contributed by atoms with Crippen molar-refractivity contribution < 1.29 is 9.53 Å². The highest BCUT2D eigenvalue weighted by Crippen LogP contribution is 2.25. The number of fused-ring (bicyclic) bond motifs is 1. The third-order valence-electron chi connectivity index (χ3n) is 5.49.